The molecule has 27 heavy (non-hydrogen) atoms. The zero-order valence-corrected chi connectivity index (χ0v) is 14.7. The third-order valence-electron chi connectivity index (χ3n) is 4.47. The number of carbonyl (C=O) groups excluding carboxylic acids is 2. The quantitative estimate of drug-likeness (QED) is 0.648. The Morgan fingerprint density at radius 2 is 2.07 bits per heavy atom. The second-order valence-corrected chi connectivity index (χ2v) is 6.46. The molecule has 7 nitrogen and oxygen atoms in total. The van der Waals surface area contributed by atoms with Gasteiger partial charge in [0.05, 0.1) is 17.6 Å². The Labute approximate surface area is 156 Å². The average Bonchev–Trinajstić information content (AvgIpc) is 3.35. The van der Waals surface area contributed by atoms with E-state index in [-0.39, 0.29) is 11.8 Å². The van der Waals surface area contributed by atoms with Crippen molar-refractivity contribution in [2.45, 2.75) is 25.5 Å². The number of nitrogens with one attached hydrogen (secondary N) is 3. The Bertz CT molecular complexity index is 943. The summed E-state index contributed by atoms with van der Waals surface area (Å²) in [6.07, 6.45) is 1.21. The molecular formula is C20H20N4O3. The molecule has 2 heterocycles. The number of anilines is 1. The van der Waals surface area contributed by atoms with Gasteiger partial charge in [-0.3, -0.25) is 9.59 Å². The van der Waals surface area contributed by atoms with Crippen LogP contribution in [0.5, 0.6) is 0 Å². The Hall–Kier alpha value is -3.19. The first-order valence-electron chi connectivity index (χ1n) is 8.93. The normalized spacial score (nSPS) is 16.4. The van der Waals surface area contributed by atoms with Gasteiger partial charge in [-0.05, 0) is 43.2 Å². The highest BCUT2D eigenvalue weighted by Gasteiger charge is 2.23. The average molecular weight is 364 g/mol. The van der Waals surface area contributed by atoms with Crippen molar-refractivity contribution in [3.8, 4) is 0 Å². The topological polar surface area (TPSA) is 96.1 Å². The number of carbonyl (C=O) groups is 2. The minimum Gasteiger partial charge on any atom is -0.368 e. The predicted octanol–water partition coefficient (Wildman–Crippen LogP) is 2.61. The van der Waals surface area contributed by atoms with E-state index in [2.05, 4.69) is 20.6 Å². The van der Waals surface area contributed by atoms with Gasteiger partial charge in [-0.1, -0.05) is 18.2 Å². The Kier molecular flexibility index (Phi) is 4.84. The van der Waals surface area contributed by atoms with Gasteiger partial charge < -0.3 is 20.4 Å². The van der Waals surface area contributed by atoms with Crippen molar-refractivity contribution >= 4 is 28.5 Å². The maximum absolute atomic E-state index is 12.4. The first-order valence-corrected chi connectivity index (χ1v) is 8.93. The summed E-state index contributed by atoms with van der Waals surface area (Å²) in [5.41, 5.74) is 2.84. The highest BCUT2D eigenvalue weighted by atomic mass is 16.5. The highest BCUT2D eigenvalue weighted by molar-refractivity contribution is 5.98. The molecule has 138 valence electrons. The van der Waals surface area contributed by atoms with Crippen LogP contribution in [0.15, 0.2) is 48.5 Å². The van der Waals surface area contributed by atoms with Crippen LogP contribution in [0.4, 0.5) is 5.69 Å². The molecule has 1 aromatic heterocycles. The molecule has 0 radical (unpaired) electrons. The monoisotopic (exact) mass is 364 g/mol. The maximum Gasteiger partial charge on any atom is 0.253 e. The van der Waals surface area contributed by atoms with Crippen molar-refractivity contribution in [3.63, 3.8) is 0 Å². The van der Waals surface area contributed by atoms with Gasteiger partial charge in [0.1, 0.15) is 11.9 Å². The fourth-order valence-corrected chi connectivity index (χ4v) is 3.10. The number of H-pyrrole nitrogens is 1. The standard InChI is InChI=1S/C20H20N4O3/c25-19(21-12-18-23-15-7-1-2-8-16(15)24-18)13-5-3-6-14(11-13)22-20(26)17-9-4-10-27-17/h1-3,5-8,11,17H,4,9-10,12H2,(H,21,25)(H,22,26)(H,23,24). The van der Waals surface area contributed by atoms with Crippen LogP contribution in [0.3, 0.4) is 0 Å². The van der Waals surface area contributed by atoms with E-state index in [1.807, 2.05) is 24.3 Å². The molecule has 4 rings (SSSR count). The minimum atomic E-state index is -0.407. The second-order valence-electron chi connectivity index (χ2n) is 6.46. The smallest absolute Gasteiger partial charge is 0.253 e. The summed E-state index contributed by atoms with van der Waals surface area (Å²) in [6.45, 7) is 0.905. The molecule has 1 unspecified atom stereocenters. The molecule has 1 aliphatic heterocycles. The summed E-state index contributed by atoms with van der Waals surface area (Å²) in [4.78, 5) is 32.2. The van der Waals surface area contributed by atoms with Gasteiger partial charge in [0, 0.05) is 17.9 Å². The lowest BCUT2D eigenvalue weighted by Gasteiger charge is -2.11. The molecule has 2 amide bonds. The van der Waals surface area contributed by atoms with Gasteiger partial charge in [0.2, 0.25) is 0 Å². The number of aromatic amines is 1. The van der Waals surface area contributed by atoms with E-state index in [9.17, 15) is 9.59 Å². The van der Waals surface area contributed by atoms with E-state index >= 15 is 0 Å². The molecule has 0 bridgehead atoms. The summed E-state index contributed by atoms with van der Waals surface area (Å²) < 4.78 is 5.38. The number of imidazole rings is 1. The third kappa shape index (κ3) is 3.98. The van der Waals surface area contributed by atoms with Crippen LogP contribution in [0, 0.1) is 0 Å². The van der Waals surface area contributed by atoms with Crippen molar-refractivity contribution in [2.24, 2.45) is 0 Å². The summed E-state index contributed by atoms with van der Waals surface area (Å²) in [7, 11) is 0. The van der Waals surface area contributed by atoms with Crippen molar-refractivity contribution in [2.75, 3.05) is 11.9 Å². The van der Waals surface area contributed by atoms with E-state index in [1.54, 1.807) is 24.3 Å². The van der Waals surface area contributed by atoms with Gasteiger partial charge in [-0.2, -0.15) is 0 Å². The fraction of sp³-hybridized carbons (Fsp3) is 0.250. The molecule has 3 N–H and O–H groups in total. The molecule has 2 aromatic carbocycles. The Morgan fingerprint density at radius 3 is 2.89 bits per heavy atom. The van der Waals surface area contributed by atoms with Crippen molar-refractivity contribution in [1.29, 1.82) is 0 Å². The molecule has 1 atom stereocenters. The Balaban J connectivity index is 1.38. The van der Waals surface area contributed by atoms with E-state index < -0.39 is 6.10 Å². The second kappa shape index (κ2) is 7.59. The van der Waals surface area contributed by atoms with Gasteiger partial charge >= 0.3 is 0 Å². The van der Waals surface area contributed by atoms with Crippen molar-refractivity contribution in [3.05, 3.63) is 59.9 Å². The van der Waals surface area contributed by atoms with Crippen LogP contribution in [0.2, 0.25) is 0 Å². The summed E-state index contributed by atoms with van der Waals surface area (Å²) >= 11 is 0. The number of para-hydroxylation sites is 2. The molecule has 1 fully saturated rings. The summed E-state index contributed by atoms with van der Waals surface area (Å²) in [5, 5.41) is 5.65. The van der Waals surface area contributed by atoms with Gasteiger partial charge in [0.15, 0.2) is 0 Å². The molecule has 0 saturated carbocycles. The third-order valence-corrected chi connectivity index (χ3v) is 4.47. The number of rotatable bonds is 5. The number of fused-ring (bicyclic) bond motifs is 1. The number of hydrogen-bond donors (Lipinski definition) is 3. The van der Waals surface area contributed by atoms with Crippen molar-refractivity contribution < 1.29 is 14.3 Å². The molecule has 1 aliphatic rings. The number of amides is 2. The van der Waals surface area contributed by atoms with Gasteiger partial charge in [-0.25, -0.2) is 4.98 Å². The summed E-state index contributed by atoms with van der Waals surface area (Å²) in [6, 6.07) is 14.5. The van der Waals surface area contributed by atoms with Crippen LogP contribution >= 0.6 is 0 Å². The van der Waals surface area contributed by atoms with Crippen LogP contribution < -0.4 is 10.6 Å². The number of hydrogen-bond acceptors (Lipinski definition) is 4. The van der Waals surface area contributed by atoms with E-state index in [0.29, 0.717) is 30.2 Å². The van der Waals surface area contributed by atoms with Crippen molar-refractivity contribution in [1.82, 2.24) is 15.3 Å². The molecule has 1 saturated heterocycles. The molecule has 0 aliphatic carbocycles. The van der Waals surface area contributed by atoms with Gasteiger partial charge in [0.25, 0.3) is 11.8 Å². The van der Waals surface area contributed by atoms with E-state index in [0.717, 1.165) is 23.9 Å². The van der Waals surface area contributed by atoms with Crippen LogP contribution in [-0.4, -0.2) is 34.5 Å². The predicted molar refractivity (Wildman–Crippen MR) is 101 cm³/mol. The number of benzene rings is 2. The molecule has 0 spiro atoms. The molecule has 3 aromatic rings. The Morgan fingerprint density at radius 1 is 1.19 bits per heavy atom. The number of ether oxygens (including phenoxy) is 1. The van der Waals surface area contributed by atoms with Gasteiger partial charge in [-0.15, -0.1) is 0 Å². The number of nitrogens with zero attached hydrogens (tertiary/aromatic N) is 1. The largest absolute Gasteiger partial charge is 0.368 e. The zero-order chi connectivity index (χ0) is 18.6. The highest BCUT2D eigenvalue weighted by Crippen LogP contribution is 2.16. The SMILES string of the molecule is O=C(NCc1nc2ccccc2[nH]1)c1cccc(NC(=O)C2CCCO2)c1. The molecular weight excluding hydrogens is 344 g/mol. The lowest BCUT2D eigenvalue weighted by molar-refractivity contribution is -0.124. The lowest BCUT2D eigenvalue weighted by Crippen LogP contribution is -2.27. The first-order chi connectivity index (χ1) is 13.2. The molecule has 7 heteroatoms. The summed E-state index contributed by atoms with van der Waals surface area (Å²) in [5.74, 6) is 0.281. The van der Waals surface area contributed by atoms with E-state index in [1.165, 1.54) is 0 Å². The number of aromatic nitrogens is 2. The first kappa shape index (κ1) is 17.2. The zero-order valence-electron chi connectivity index (χ0n) is 14.7. The lowest BCUT2D eigenvalue weighted by atomic mass is 10.1. The van der Waals surface area contributed by atoms with E-state index in [4.69, 9.17) is 4.74 Å². The maximum atomic E-state index is 12.4. The van der Waals surface area contributed by atoms with Crippen LogP contribution in [0.1, 0.15) is 29.0 Å². The minimum absolute atomic E-state index is 0.174. The fourth-order valence-electron chi connectivity index (χ4n) is 3.10. The van der Waals surface area contributed by atoms with Crippen LogP contribution in [0.25, 0.3) is 11.0 Å². The van der Waals surface area contributed by atoms with Crippen LogP contribution in [-0.2, 0) is 16.1 Å².